The van der Waals surface area contributed by atoms with Gasteiger partial charge in [0.1, 0.15) is 5.03 Å². The molecule has 0 atom stereocenters. The molecule has 0 aliphatic heterocycles. The Balaban J connectivity index is 2.25. The Labute approximate surface area is 95.1 Å². The van der Waals surface area contributed by atoms with E-state index in [1.54, 1.807) is 6.20 Å². The summed E-state index contributed by atoms with van der Waals surface area (Å²) in [5, 5.41) is 1.30. The maximum Gasteiger partial charge on any atom is 0.228 e. The van der Waals surface area contributed by atoms with E-state index in [0.717, 1.165) is 5.03 Å². The molecule has 0 fully saturated rings. The minimum absolute atomic E-state index is 0.0842. The minimum atomic E-state index is 0.0842. The van der Waals surface area contributed by atoms with Crippen molar-refractivity contribution < 1.29 is 0 Å². The normalized spacial score (nSPS) is 10.2. The molecule has 0 saturated carbocycles. The molecule has 0 aliphatic carbocycles. The van der Waals surface area contributed by atoms with Crippen molar-refractivity contribution in [3.63, 3.8) is 0 Å². The number of hydrogen-bond acceptors (Lipinski definition) is 6. The summed E-state index contributed by atoms with van der Waals surface area (Å²) in [6.45, 7) is 0. The fourth-order valence-corrected chi connectivity index (χ4v) is 1.83. The first-order valence-corrected chi connectivity index (χ1v) is 5.19. The van der Waals surface area contributed by atoms with Crippen LogP contribution < -0.4 is 5.73 Å². The second-order valence-corrected chi connectivity index (χ2v) is 3.84. The SMILES string of the molecule is Nc1nc(Cl)nc(Sc2ccccn2)n1. The molecule has 5 nitrogen and oxygen atoms in total. The zero-order chi connectivity index (χ0) is 10.7. The predicted molar refractivity (Wildman–Crippen MR) is 57.6 cm³/mol. The third kappa shape index (κ3) is 2.77. The van der Waals surface area contributed by atoms with Crippen molar-refractivity contribution in [2.45, 2.75) is 10.2 Å². The van der Waals surface area contributed by atoms with Crippen LogP contribution in [-0.2, 0) is 0 Å². The van der Waals surface area contributed by atoms with Crippen LogP contribution in [0.2, 0.25) is 5.28 Å². The lowest BCUT2D eigenvalue weighted by molar-refractivity contribution is 0.913. The van der Waals surface area contributed by atoms with Crippen LogP contribution in [0.15, 0.2) is 34.6 Å². The van der Waals surface area contributed by atoms with Crippen molar-refractivity contribution in [2.75, 3.05) is 5.73 Å². The molecule has 2 aromatic rings. The molecule has 2 N–H and O–H groups in total. The molecule has 0 aromatic carbocycles. The van der Waals surface area contributed by atoms with E-state index in [0.29, 0.717) is 5.16 Å². The van der Waals surface area contributed by atoms with Crippen molar-refractivity contribution in [1.82, 2.24) is 19.9 Å². The van der Waals surface area contributed by atoms with Gasteiger partial charge in [-0.2, -0.15) is 15.0 Å². The summed E-state index contributed by atoms with van der Waals surface area (Å²) >= 11 is 6.92. The van der Waals surface area contributed by atoms with Crippen molar-refractivity contribution in [1.29, 1.82) is 0 Å². The quantitative estimate of drug-likeness (QED) is 0.859. The third-order valence-corrected chi connectivity index (χ3v) is 2.42. The smallest absolute Gasteiger partial charge is 0.228 e. The molecule has 15 heavy (non-hydrogen) atoms. The van der Waals surface area contributed by atoms with Crippen molar-refractivity contribution >= 4 is 29.3 Å². The molecule has 0 spiro atoms. The Kier molecular flexibility index (Phi) is 2.98. The minimum Gasteiger partial charge on any atom is -0.368 e. The molecule has 0 amide bonds. The molecule has 2 aromatic heterocycles. The van der Waals surface area contributed by atoms with Gasteiger partial charge in [0.25, 0.3) is 0 Å². The first kappa shape index (κ1) is 10.1. The van der Waals surface area contributed by atoms with Gasteiger partial charge in [0, 0.05) is 6.20 Å². The van der Waals surface area contributed by atoms with E-state index in [4.69, 9.17) is 17.3 Å². The van der Waals surface area contributed by atoms with Crippen LogP contribution in [0.25, 0.3) is 0 Å². The van der Waals surface area contributed by atoms with Gasteiger partial charge in [-0.1, -0.05) is 6.07 Å². The molecule has 0 saturated heterocycles. The molecule has 76 valence electrons. The van der Waals surface area contributed by atoms with E-state index in [2.05, 4.69) is 19.9 Å². The molecule has 7 heteroatoms. The van der Waals surface area contributed by atoms with Gasteiger partial charge >= 0.3 is 0 Å². The van der Waals surface area contributed by atoms with E-state index in [-0.39, 0.29) is 11.2 Å². The first-order chi connectivity index (χ1) is 7.24. The number of halogens is 1. The second kappa shape index (κ2) is 4.41. The Morgan fingerprint density at radius 3 is 2.73 bits per heavy atom. The number of nitrogens with two attached hydrogens (primary N) is 1. The maximum atomic E-state index is 5.64. The van der Waals surface area contributed by atoms with E-state index in [1.807, 2.05) is 18.2 Å². The van der Waals surface area contributed by atoms with Crippen LogP contribution in [0.5, 0.6) is 0 Å². The van der Waals surface area contributed by atoms with Crippen LogP contribution in [0.3, 0.4) is 0 Å². The Hall–Kier alpha value is -1.40. The largest absolute Gasteiger partial charge is 0.368 e. The van der Waals surface area contributed by atoms with Gasteiger partial charge in [-0.05, 0) is 35.5 Å². The Morgan fingerprint density at radius 1 is 1.20 bits per heavy atom. The lowest BCUT2D eigenvalue weighted by Crippen LogP contribution is -1.99. The van der Waals surface area contributed by atoms with Crippen LogP contribution in [0.4, 0.5) is 5.95 Å². The van der Waals surface area contributed by atoms with Crippen LogP contribution >= 0.6 is 23.4 Å². The molecule has 0 radical (unpaired) electrons. The summed E-state index contributed by atoms with van der Waals surface area (Å²) in [6, 6.07) is 5.55. The van der Waals surface area contributed by atoms with E-state index in [9.17, 15) is 0 Å². The molecule has 2 heterocycles. The van der Waals surface area contributed by atoms with Gasteiger partial charge < -0.3 is 5.73 Å². The Bertz CT molecular complexity index is 444. The highest BCUT2D eigenvalue weighted by molar-refractivity contribution is 7.99. The molecule has 0 unspecified atom stereocenters. The van der Waals surface area contributed by atoms with Gasteiger partial charge in [-0.3, -0.25) is 0 Å². The maximum absolute atomic E-state index is 5.64. The highest BCUT2D eigenvalue weighted by Gasteiger charge is 2.04. The predicted octanol–water partition coefficient (Wildman–Crippen LogP) is 1.65. The Morgan fingerprint density at radius 2 is 2.07 bits per heavy atom. The second-order valence-electron chi connectivity index (χ2n) is 2.52. The average molecular weight is 240 g/mol. The lowest BCUT2D eigenvalue weighted by atomic mass is 10.5. The number of nitrogen functional groups attached to an aromatic ring is 1. The number of pyridine rings is 1. The summed E-state index contributed by atoms with van der Waals surface area (Å²) < 4.78 is 0. The highest BCUT2D eigenvalue weighted by Crippen LogP contribution is 2.22. The molecule has 0 aliphatic rings. The van der Waals surface area contributed by atoms with E-state index >= 15 is 0 Å². The average Bonchev–Trinajstić information content (AvgIpc) is 2.17. The first-order valence-electron chi connectivity index (χ1n) is 4.00. The number of hydrogen-bond donors (Lipinski definition) is 1. The summed E-state index contributed by atoms with van der Waals surface area (Å²) in [7, 11) is 0. The molecular formula is C8H6ClN5S. The van der Waals surface area contributed by atoms with Gasteiger partial charge in [0.05, 0.1) is 0 Å². The standard InChI is InChI=1S/C8H6ClN5S/c9-6-12-7(10)14-8(13-6)15-5-3-1-2-4-11-5/h1-4H,(H2,10,12,13,14). The summed E-state index contributed by atoms with van der Waals surface area (Å²) in [5.74, 6) is 0.105. The van der Waals surface area contributed by atoms with Gasteiger partial charge in [-0.15, -0.1) is 0 Å². The van der Waals surface area contributed by atoms with Gasteiger partial charge in [-0.25, -0.2) is 4.98 Å². The van der Waals surface area contributed by atoms with Crippen LogP contribution in [-0.4, -0.2) is 19.9 Å². The van der Waals surface area contributed by atoms with Crippen LogP contribution in [0, 0.1) is 0 Å². The number of rotatable bonds is 2. The summed E-state index contributed by atoms with van der Waals surface area (Å²) in [4.78, 5) is 15.6. The molecule has 0 bridgehead atoms. The molecular weight excluding hydrogens is 234 g/mol. The fourth-order valence-electron chi connectivity index (χ4n) is 0.893. The summed E-state index contributed by atoms with van der Waals surface area (Å²) in [5.41, 5.74) is 5.43. The van der Waals surface area contributed by atoms with Gasteiger partial charge in [0.2, 0.25) is 11.2 Å². The van der Waals surface area contributed by atoms with Crippen LogP contribution in [0.1, 0.15) is 0 Å². The zero-order valence-electron chi connectivity index (χ0n) is 7.46. The zero-order valence-corrected chi connectivity index (χ0v) is 9.03. The molecule has 2 rings (SSSR count). The van der Waals surface area contributed by atoms with Gasteiger partial charge in [0.15, 0.2) is 5.16 Å². The van der Waals surface area contributed by atoms with Crippen molar-refractivity contribution in [3.05, 3.63) is 29.7 Å². The van der Waals surface area contributed by atoms with E-state index in [1.165, 1.54) is 11.8 Å². The summed E-state index contributed by atoms with van der Waals surface area (Å²) in [6.07, 6.45) is 1.69. The monoisotopic (exact) mass is 239 g/mol. The third-order valence-electron chi connectivity index (χ3n) is 1.44. The fraction of sp³-hybridized carbons (Fsp3) is 0. The number of nitrogens with zero attached hydrogens (tertiary/aromatic N) is 4. The number of anilines is 1. The van der Waals surface area contributed by atoms with E-state index < -0.39 is 0 Å². The number of aromatic nitrogens is 4. The van der Waals surface area contributed by atoms with Crippen molar-refractivity contribution in [3.8, 4) is 0 Å². The highest BCUT2D eigenvalue weighted by atomic mass is 35.5. The van der Waals surface area contributed by atoms with Crippen molar-refractivity contribution in [2.24, 2.45) is 0 Å². The lowest BCUT2D eigenvalue weighted by Gasteiger charge is -1.99. The topological polar surface area (TPSA) is 77.6 Å².